The van der Waals surface area contributed by atoms with Gasteiger partial charge in [-0.05, 0) is 89.5 Å². The van der Waals surface area contributed by atoms with E-state index in [1.54, 1.807) is 62.8 Å². The number of ether oxygens (including phenoxy) is 4. The summed E-state index contributed by atoms with van der Waals surface area (Å²) < 4.78 is 47.0. The van der Waals surface area contributed by atoms with Crippen molar-refractivity contribution in [3.8, 4) is 34.0 Å². The molecule has 0 unspecified atom stereocenters. The van der Waals surface area contributed by atoms with Gasteiger partial charge >= 0.3 is 5.91 Å². The van der Waals surface area contributed by atoms with Crippen molar-refractivity contribution in [2.24, 2.45) is 5.73 Å². The third-order valence-corrected chi connectivity index (χ3v) is 8.29. The van der Waals surface area contributed by atoms with E-state index in [-0.39, 0.29) is 36.6 Å². The number of nitrogens with zero attached hydrogens (tertiary/aromatic N) is 4. The molecule has 7 N–H and O–H groups in total. The first-order valence-electron chi connectivity index (χ1n) is 17.0. The van der Waals surface area contributed by atoms with Gasteiger partial charge in [-0.2, -0.15) is 0 Å². The Bertz CT molecular complexity index is 2340. The van der Waals surface area contributed by atoms with Crippen LogP contribution in [0.5, 0.6) is 11.5 Å². The van der Waals surface area contributed by atoms with Gasteiger partial charge in [-0.15, -0.1) is 0 Å². The number of benzene rings is 4. The van der Waals surface area contributed by atoms with E-state index in [9.17, 15) is 18.4 Å². The van der Waals surface area contributed by atoms with Gasteiger partial charge in [0.05, 0.1) is 44.4 Å². The summed E-state index contributed by atoms with van der Waals surface area (Å²) in [6.45, 7) is 0.585. The number of aromatic nitrogens is 4. The molecule has 2 heterocycles. The molecule has 0 aliphatic carbocycles. The number of halogens is 4. The van der Waals surface area contributed by atoms with E-state index in [2.05, 4.69) is 25.7 Å². The second-order valence-corrected chi connectivity index (χ2v) is 12.4. The van der Waals surface area contributed by atoms with Gasteiger partial charge in [0.25, 0.3) is 5.91 Å². The van der Waals surface area contributed by atoms with Crippen molar-refractivity contribution in [1.82, 2.24) is 19.9 Å². The number of quaternary nitrogens is 1. The molecule has 6 aromatic rings. The molecule has 0 radical (unpaired) electrons. The van der Waals surface area contributed by atoms with Crippen molar-refractivity contribution in [2.45, 2.75) is 19.6 Å². The number of anilines is 1. The maximum Gasteiger partial charge on any atom is 0.344 e. The van der Waals surface area contributed by atoms with Gasteiger partial charge in [-0.1, -0.05) is 17.7 Å². The van der Waals surface area contributed by atoms with Crippen LogP contribution < -0.4 is 39.1 Å². The normalized spacial score (nSPS) is 10.2. The SMILES string of the molecule is COCc1cc(F)ccc1-c1cc(Cc2ccc(OC)c(C(N)=O)c2)ncn1.COCc1cc(F)ccc1-c1cc(Cl)ncn1.COc1ccc(N)cc1C([NH3+])=O.[Cl-]. The van der Waals surface area contributed by atoms with Gasteiger partial charge in [0.1, 0.15) is 46.5 Å². The molecule has 17 heteroatoms. The second-order valence-electron chi connectivity index (χ2n) is 12.0. The third-order valence-electron chi connectivity index (χ3n) is 8.08. The minimum atomic E-state index is -0.558. The number of nitrogens with two attached hydrogens (primary N) is 2. The van der Waals surface area contributed by atoms with Gasteiger partial charge in [-0.3, -0.25) is 10.5 Å². The van der Waals surface area contributed by atoms with Crippen molar-refractivity contribution < 1.29 is 55.5 Å². The van der Waals surface area contributed by atoms with Crippen LogP contribution in [0.3, 0.4) is 0 Å². The van der Waals surface area contributed by atoms with Gasteiger partial charge < -0.3 is 42.8 Å². The maximum absolute atomic E-state index is 13.6. The molecule has 4 aromatic carbocycles. The van der Waals surface area contributed by atoms with Crippen LogP contribution in [0, 0.1) is 11.6 Å². The number of hydrogen-bond donors (Lipinski definition) is 3. The molecular formula is C41H41Cl2F2N7O6. The topological polar surface area (TPSA) is 202 Å². The zero-order valence-electron chi connectivity index (χ0n) is 32.0. The number of hydrogen-bond acceptors (Lipinski definition) is 11. The number of primary amides is 1. The van der Waals surface area contributed by atoms with Crippen LogP contribution in [0.2, 0.25) is 5.15 Å². The standard InChI is InChI=1S/C21H20FN3O3.C12H10ClFN2O.C8H10N2O2.ClH/c1-27-11-14-9-15(22)4-5-17(14)19-10-16(24-12-25-19)7-13-3-6-20(28-2)18(8-13)21(23)26;1-17-6-8-4-9(14)2-3-10(8)11-5-12(13)16-7-15-11;1-12-7-3-2-5(9)4-6(7)8(10)11;/h3-6,8-10,12H,7,11H2,1-2H3,(H2,23,26);2-5,7H,6H2,1H3;2-4H,9H2,1H3,(H2,10,11);1H. The molecule has 0 saturated heterocycles. The van der Waals surface area contributed by atoms with E-state index >= 15 is 0 Å². The lowest BCUT2D eigenvalue weighted by Gasteiger charge is -2.11. The quantitative estimate of drug-likeness (QED) is 0.121. The molecule has 0 aliphatic rings. The summed E-state index contributed by atoms with van der Waals surface area (Å²) in [5.41, 5.74) is 21.4. The molecule has 6 rings (SSSR count). The number of rotatable bonds is 12. The molecule has 0 bridgehead atoms. The predicted octanol–water partition coefficient (Wildman–Crippen LogP) is 2.87. The lowest BCUT2D eigenvalue weighted by molar-refractivity contribution is -0.255. The lowest BCUT2D eigenvalue weighted by atomic mass is 10.0. The summed E-state index contributed by atoms with van der Waals surface area (Å²) in [4.78, 5) is 39.1. The van der Waals surface area contributed by atoms with Gasteiger partial charge in [0.2, 0.25) is 0 Å². The first kappa shape index (κ1) is 46.3. The Morgan fingerprint density at radius 3 is 1.74 bits per heavy atom. The number of amides is 2. The Balaban J connectivity index is 0.000000255. The highest BCUT2D eigenvalue weighted by atomic mass is 35.5. The highest BCUT2D eigenvalue weighted by molar-refractivity contribution is 6.29. The van der Waals surface area contributed by atoms with Gasteiger partial charge in [-0.25, -0.2) is 33.5 Å². The van der Waals surface area contributed by atoms with Crippen LogP contribution in [0.15, 0.2) is 97.6 Å². The van der Waals surface area contributed by atoms with E-state index in [0.717, 1.165) is 27.9 Å². The van der Waals surface area contributed by atoms with Gasteiger partial charge in [0, 0.05) is 49.2 Å². The van der Waals surface area contributed by atoms with Crippen molar-refractivity contribution in [1.29, 1.82) is 0 Å². The van der Waals surface area contributed by atoms with Gasteiger partial charge in [0.15, 0.2) is 0 Å². The van der Waals surface area contributed by atoms with E-state index in [0.29, 0.717) is 63.4 Å². The summed E-state index contributed by atoms with van der Waals surface area (Å²) in [6, 6.07) is 22.5. The summed E-state index contributed by atoms with van der Waals surface area (Å²) in [5, 5.41) is 0.350. The summed E-state index contributed by atoms with van der Waals surface area (Å²) in [6.07, 6.45) is 3.31. The Hall–Kier alpha value is -6.10. The maximum atomic E-state index is 13.6. The fourth-order valence-corrected chi connectivity index (χ4v) is 5.65. The number of carbonyl (C=O) groups excluding carboxylic acids is 2. The Morgan fingerprint density at radius 2 is 1.22 bits per heavy atom. The number of carbonyl (C=O) groups is 2. The van der Waals surface area contributed by atoms with Crippen LogP contribution in [-0.4, -0.2) is 60.2 Å². The molecule has 58 heavy (non-hydrogen) atoms. The smallest absolute Gasteiger partial charge is 0.344 e. The average molecular weight is 837 g/mol. The first-order chi connectivity index (χ1) is 27.4. The summed E-state index contributed by atoms with van der Waals surface area (Å²) in [7, 11) is 6.10. The monoisotopic (exact) mass is 835 g/mol. The van der Waals surface area contributed by atoms with Crippen LogP contribution in [-0.2, 0) is 29.1 Å². The molecule has 2 amide bonds. The van der Waals surface area contributed by atoms with Crippen molar-refractivity contribution in [3.05, 3.63) is 148 Å². The van der Waals surface area contributed by atoms with Crippen molar-refractivity contribution >= 4 is 29.1 Å². The van der Waals surface area contributed by atoms with Crippen molar-refractivity contribution in [3.63, 3.8) is 0 Å². The highest BCUT2D eigenvalue weighted by Gasteiger charge is 2.14. The fraction of sp³-hybridized carbons (Fsp3) is 0.171. The minimum Gasteiger partial charge on any atom is -1.00 e. The number of methoxy groups -OCH3 is 4. The van der Waals surface area contributed by atoms with E-state index in [1.165, 1.54) is 51.1 Å². The highest BCUT2D eigenvalue weighted by Crippen LogP contribution is 2.27. The van der Waals surface area contributed by atoms with Crippen LogP contribution in [0.4, 0.5) is 14.5 Å². The fourth-order valence-electron chi connectivity index (χ4n) is 5.51. The van der Waals surface area contributed by atoms with Crippen LogP contribution >= 0.6 is 11.6 Å². The molecule has 0 fully saturated rings. The predicted molar refractivity (Wildman–Crippen MR) is 210 cm³/mol. The largest absolute Gasteiger partial charge is 1.00 e. The molecule has 0 spiro atoms. The third kappa shape index (κ3) is 13.0. The Morgan fingerprint density at radius 1 is 0.690 bits per heavy atom. The number of nitrogen functional groups attached to an aromatic ring is 1. The molecule has 0 saturated carbocycles. The zero-order chi connectivity index (χ0) is 41.5. The average Bonchev–Trinajstić information content (AvgIpc) is 3.19. The molecule has 304 valence electrons. The molecule has 2 aromatic heterocycles. The second kappa shape index (κ2) is 22.6. The summed E-state index contributed by atoms with van der Waals surface area (Å²) >= 11 is 5.80. The lowest BCUT2D eigenvalue weighted by Crippen LogP contribution is -3.00. The van der Waals surface area contributed by atoms with Crippen LogP contribution in [0.1, 0.15) is 43.1 Å². The first-order valence-corrected chi connectivity index (χ1v) is 17.4. The minimum absolute atomic E-state index is 0. The molecule has 0 aliphatic heterocycles. The van der Waals surface area contributed by atoms with E-state index in [4.69, 9.17) is 42.0 Å². The Labute approximate surface area is 344 Å². The van der Waals surface area contributed by atoms with Crippen molar-refractivity contribution in [2.75, 3.05) is 34.2 Å². The van der Waals surface area contributed by atoms with E-state index in [1.807, 2.05) is 12.1 Å². The molecule has 13 nitrogen and oxygen atoms in total. The summed E-state index contributed by atoms with van der Waals surface area (Å²) in [5.74, 6) is -0.556. The molecule has 0 atom stereocenters. The zero-order valence-corrected chi connectivity index (χ0v) is 33.5. The van der Waals surface area contributed by atoms with Crippen LogP contribution in [0.25, 0.3) is 22.5 Å². The Kier molecular flexibility index (Phi) is 18.0. The molecular weight excluding hydrogens is 795 g/mol. The van der Waals surface area contributed by atoms with E-state index < -0.39 is 5.91 Å².